The minimum absolute atomic E-state index is 0.950. The number of fused-ring (bicyclic) bond motifs is 1. The summed E-state index contributed by atoms with van der Waals surface area (Å²) in [6.45, 7) is 0. The molecule has 0 atom stereocenters. The van der Waals surface area contributed by atoms with Crippen molar-refractivity contribution < 1.29 is 0 Å². The predicted octanol–water partition coefficient (Wildman–Crippen LogP) is 1.92. The number of hydrogen-bond acceptors (Lipinski definition) is 0. The minimum atomic E-state index is 0.950. The van der Waals surface area contributed by atoms with Gasteiger partial charge in [0.2, 0.25) is 0 Å². The van der Waals surface area contributed by atoms with E-state index in [2.05, 4.69) is 5.92 Å². The molecule has 1 nitrogen and oxygen atoms in total. The van der Waals surface area contributed by atoms with Crippen molar-refractivity contribution in [3.8, 4) is 12.3 Å². The maximum Gasteiger partial charge on any atom is 0.0606 e. The van der Waals surface area contributed by atoms with Crippen molar-refractivity contribution in [1.82, 2.24) is 4.40 Å². The molecular formula is C10H7N. The zero-order valence-electron chi connectivity index (χ0n) is 5.99. The van der Waals surface area contributed by atoms with E-state index in [1.165, 1.54) is 0 Å². The molecule has 0 saturated heterocycles. The second kappa shape index (κ2) is 2.17. The third-order valence-electron chi connectivity index (χ3n) is 1.72. The van der Waals surface area contributed by atoms with Crippen LogP contribution in [-0.2, 0) is 0 Å². The lowest BCUT2D eigenvalue weighted by atomic mass is 10.3. The first kappa shape index (κ1) is 6.06. The van der Waals surface area contributed by atoms with Crippen molar-refractivity contribution in [2.24, 2.45) is 0 Å². The van der Waals surface area contributed by atoms with Crippen LogP contribution < -0.4 is 0 Å². The molecule has 0 radical (unpaired) electrons. The summed E-state index contributed by atoms with van der Waals surface area (Å²) >= 11 is 0. The molecule has 52 valence electrons. The number of terminal acetylenes is 1. The van der Waals surface area contributed by atoms with Crippen LogP contribution in [0.4, 0.5) is 0 Å². The van der Waals surface area contributed by atoms with Crippen LogP contribution in [0.25, 0.3) is 5.52 Å². The maximum absolute atomic E-state index is 5.30. The van der Waals surface area contributed by atoms with Gasteiger partial charge in [0.05, 0.1) is 5.52 Å². The number of pyridine rings is 1. The summed E-state index contributed by atoms with van der Waals surface area (Å²) in [4.78, 5) is 0. The van der Waals surface area contributed by atoms with Crippen molar-refractivity contribution >= 4 is 5.52 Å². The second-order valence-corrected chi connectivity index (χ2v) is 2.37. The Bertz CT molecular complexity index is 418. The first-order chi connectivity index (χ1) is 5.42. The number of rotatable bonds is 0. The van der Waals surface area contributed by atoms with Crippen molar-refractivity contribution in [3.63, 3.8) is 0 Å². The zero-order valence-corrected chi connectivity index (χ0v) is 5.99. The molecule has 0 aliphatic rings. The molecule has 0 spiro atoms. The lowest BCUT2D eigenvalue weighted by Gasteiger charge is -1.91. The molecule has 1 heteroatoms. The quantitative estimate of drug-likeness (QED) is 0.494. The highest BCUT2D eigenvalue weighted by molar-refractivity contribution is 5.62. The van der Waals surface area contributed by atoms with Crippen LogP contribution >= 0.6 is 0 Å². The molecule has 2 heterocycles. The fourth-order valence-electron chi connectivity index (χ4n) is 1.18. The number of aromatic nitrogens is 1. The average molecular weight is 141 g/mol. The average Bonchev–Trinajstić information content (AvgIpc) is 2.47. The van der Waals surface area contributed by atoms with E-state index in [4.69, 9.17) is 6.42 Å². The van der Waals surface area contributed by atoms with E-state index in [0.717, 1.165) is 11.1 Å². The van der Waals surface area contributed by atoms with Crippen LogP contribution in [0.2, 0.25) is 0 Å². The fraction of sp³-hybridized carbons (Fsp3) is 0. The Morgan fingerprint density at radius 2 is 2.09 bits per heavy atom. The predicted molar refractivity (Wildman–Crippen MR) is 45.3 cm³/mol. The van der Waals surface area contributed by atoms with Gasteiger partial charge in [-0.1, -0.05) is 12.0 Å². The summed E-state index contributed by atoms with van der Waals surface area (Å²) in [5.74, 6) is 2.63. The third kappa shape index (κ3) is 0.805. The Hall–Kier alpha value is -1.68. The first-order valence-electron chi connectivity index (χ1n) is 3.44. The van der Waals surface area contributed by atoms with Crippen LogP contribution in [0.3, 0.4) is 0 Å². The van der Waals surface area contributed by atoms with E-state index in [-0.39, 0.29) is 0 Å². The SMILES string of the molecule is C#Cc1ccn2ccccc12. The summed E-state index contributed by atoms with van der Waals surface area (Å²) in [5.41, 5.74) is 2.04. The van der Waals surface area contributed by atoms with Crippen molar-refractivity contribution in [2.45, 2.75) is 0 Å². The normalized spacial score (nSPS) is 9.73. The first-order valence-corrected chi connectivity index (χ1v) is 3.44. The summed E-state index contributed by atoms with van der Waals surface area (Å²) in [7, 11) is 0. The fourth-order valence-corrected chi connectivity index (χ4v) is 1.18. The Morgan fingerprint density at radius 3 is 2.91 bits per heavy atom. The molecule has 2 aromatic rings. The van der Waals surface area contributed by atoms with E-state index in [9.17, 15) is 0 Å². The lowest BCUT2D eigenvalue weighted by Crippen LogP contribution is -1.78. The van der Waals surface area contributed by atoms with Gasteiger partial charge >= 0.3 is 0 Å². The third-order valence-corrected chi connectivity index (χ3v) is 1.72. The number of nitrogens with zero attached hydrogens (tertiary/aromatic N) is 1. The molecule has 0 unspecified atom stereocenters. The highest BCUT2D eigenvalue weighted by atomic mass is 14.8. The Kier molecular flexibility index (Phi) is 1.20. The number of hydrogen-bond donors (Lipinski definition) is 0. The monoisotopic (exact) mass is 141 g/mol. The molecule has 0 saturated carbocycles. The molecular weight excluding hydrogens is 134 g/mol. The van der Waals surface area contributed by atoms with Gasteiger partial charge in [0, 0.05) is 18.0 Å². The Labute approximate surface area is 65.3 Å². The summed E-state index contributed by atoms with van der Waals surface area (Å²) in [5, 5.41) is 0. The van der Waals surface area contributed by atoms with E-state index in [0.29, 0.717) is 0 Å². The summed E-state index contributed by atoms with van der Waals surface area (Å²) in [6.07, 6.45) is 9.24. The van der Waals surface area contributed by atoms with Gasteiger partial charge in [-0.25, -0.2) is 0 Å². The van der Waals surface area contributed by atoms with Gasteiger partial charge in [-0.15, -0.1) is 6.42 Å². The zero-order chi connectivity index (χ0) is 7.68. The van der Waals surface area contributed by atoms with Gasteiger partial charge in [-0.05, 0) is 18.2 Å². The van der Waals surface area contributed by atoms with Gasteiger partial charge in [-0.2, -0.15) is 0 Å². The van der Waals surface area contributed by atoms with Crippen molar-refractivity contribution in [1.29, 1.82) is 0 Å². The Morgan fingerprint density at radius 1 is 1.18 bits per heavy atom. The van der Waals surface area contributed by atoms with Gasteiger partial charge in [0.1, 0.15) is 0 Å². The minimum Gasteiger partial charge on any atom is -0.323 e. The molecule has 2 rings (SSSR count). The molecule has 0 N–H and O–H groups in total. The molecule has 0 bridgehead atoms. The standard InChI is InChI=1S/C10H7N/c1-2-9-6-8-11-7-4-3-5-10(9)11/h1,3-8H. The second-order valence-electron chi connectivity index (χ2n) is 2.37. The van der Waals surface area contributed by atoms with E-state index >= 15 is 0 Å². The van der Waals surface area contributed by atoms with Gasteiger partial charge in [0.25, 0.3) is 0 Å². The van der Waals surface area contributed by atoms with Crippen LogP contribution in [0.1, 0.15) is 5.56 Å². The largest absolute Gasteiger partial charge is 0.323 e. The molecule has 0 aliphatic carbocycles. The van der Waals surface area contributed by atoms with Crippen LogP contribution in [0.5, 0.6) is 0 Å². The summed E-state index contributed by atoms with van der Waals surface area (Å²) < 4.78 is 2.01. The van der Waals surface area contributed by atoms with Crippen molar-refractivity contribution in [2.75, 3.05) is 0 Å². The Balaban J connectivity index is 2.89. The smallest absolute Gasteiger partial charge is 0.0606 e. The molecule has 0 amide bonds. The maximum atomic E-state index is 5.30. The van der Waals surface area contributed by atoms with Crippen molar-refractivity contribution in [3.05, 3.63) is 42.2 Å². The molecule has 11 heavy (non-hydrogen) atoms. The molecule has 0 aliphatic heterocycles. The topological polar surface area (TPSA) is 4.41 Å². The van der Waals surface area contributed by atoms with Crippen LogP contribution in [0.15, 0.2) is 36.7 Å². The lowest BCUT2D eigenvalue weighted by molar-refractivity contribution is 1.20. The van der Waals surface area contributed by atoms with E-state index < -0.39 is 0 Å². The molecule has 0 fully saturated rings. The molecule has 0 aromatic carbocycles. The van der Waals surface area contributed by atoms with E-state index in [1.807, 2.05) is 41.1 Å². The summed E-state index contributed by atoms with van der Waals surface area (Å²) in [6, 6.07) is 7.91. The van der Waals surface area contributed by atoms with E-state index in [1.54, 1.807) is 0 Å². The van der Waals surface area contributed by atoms with Gasteiger partial charge in [0.15, 0.2) is 0 Å². The van der Waals surface area contributed by atoms with Gasteiger partial charge < -0.3 is 4.40 Å². The highest BCUT2D eigenvalue weighted by Gasteiger charge is 1.95. The molecule has 2 aromatic heterocycles. The van der Waals surface area contributed by atoms with Crippen LogP contribution in [0, 0.1) is 12.3 Å². The van der Waals surface area contributed by atoms with Crippen LogP contribution in [-0.4, -0.2) is 4.40 Å². The highest BCUT2D eigenvalue weighted by Crippen LogP contribution is 2.09. The van der Waals surface area contributed by atoms with Gasteiger partial charge in [-0.3, -0.25) is 0 Å².